The number of hydrogen-bond acceptors (Lipinski definition) is 5. The van der Waals surface area contributed by atoms with Crippen molar-refractivity contribution in [2.45, 2.75) is 19.3 Å². The Bertz CT molecular complexity index is 1900. The molecular weight excluding hydrogens is 448 g/mol. The highest BCUT2D eigenvalue weighted by Crippen LogP contribution is 2.33. The van der Waals surface area contributed by atoms with Gasteiger partial charge in [0.25, 0.3) is 0 Å². The number of nitrogens with zero attached hydrogens (tertiary/aromatic N) is 6. The van der Waals surface area contributed by atoms with Gasteiger partial charge in [0, 0.05) is 35.8 Å². The predicted octanol–water partition coefficient (Wildman–Crippen LogP) is 5.29. The largest absolute Gasteiger partial charge is 0.333 e. The van der Waals surface area contributed by atoms with E-state index in [1.807, 2.05) is 62.6 Å². The number of rotatable bonds is 3. The van der Waals surface area contributed by atoms with Crippen molar-refractivity contribution in [3.8, 4) is 22.9 Å². The van der Waals surface area contributed by atoms with E-state index >= 15 is 0 Å². The number of aryl methyl sites for hydroxylation is 1. The number of aromatic nitrogens is 5. The van der Waals surface area contributed by atoms with Crippen molar-refractivity contribution in [3.63, 3.8) is 0 Å². The number of pyridine rings is 3. The van der Waals surface area contributed by atoms with Crippen LogP contribution in [-0.4, -0.2) is 24.1 Å². The first-order chi connectivity index (χ1) is 17.4. The SMILES string of the molecule is Cn1c(=O)n(-c2ccc(C(C)(C)C#N)nc2)c2c3cc(-c4cncc5ccccc45)ccc3ncc21. The highest BCUT2D eigenvalue weighted by Gasteiger charge is 2.22. The molecule has 4 heterocycles. The summed E-state index contributed by atoms with van der Waals surface area (Å²) in [5.41, 5.74) is 4.65. The van der Waals surface area contributed by atoms with Crippen LogP contribution in [0.15, 0.2) is 84.2 Å². The summed E-state index contributed by atoms with van der Waals surface area (Å²) in [7, 11) is 1.74. The van der Waals surface area contributed by atoms with E-state index in [0.29, 0.717) is 11.4 Å². The Morgan fingerprint density at radius 1 is 0.917 bits per heavy atom. The Balaban J connectivity index is 1.63. The normalized spacial score (nSPS) is 11.8. The quantitative estimate of drug-likeness (QED) is 0.351. The van der Waals surface area contributed by atoms with Crippen molar-refractivity contribution < 1.29 is 0 Å². The molecule has 0 aliphatic carbocycles. The molecule has 36 heavy (non-hydrogen) atoms. The fourth-order valence-corrected chi connectivity index (χ4v) is 4.70. The molecule has 7 nitrogen and oxygen atoms in total. The van der Waals surface area contributed by atoms with Gasteiger partial charge in [0.1, 0.15) is 0 Å². The lowest BCUT2D eigenvalue weighted by Crippen LogP contribution is -2.21. The fraction of sp³-hybridized carbons (Fsp3) is 0.138. The van der Waals surface area contributed by atoms with Crippen molar-refractivity contribution >= 4 is 32.7 Å². The summed E-state index contributed by atoms with van der Waals surface area (Å²) in [4.78, 5) is 27.0. The van der Waals surface area contributed by atoms with Gasteiger partial charge in [-0.05, 0) is 49.1 Å². The second-order valence-corrected chi connectivity index (χ2v) is 9.45. The lowest BCUT2D eigenvalue weighted by atomic mass is 9.91. The van der Waals surface area contributed by atoms with Crippen LogP contribution in [0.1, 0.15) is 19.5 Å². The molecule has 0 aliphatic heterocycles. The maximum absolute atomic E-state index is 13.4. The Morgan fingerprint density at radius 2 is 1.75 bits per heavy atom. The van der Waals surface area contributed by atoms with Gasteiger partial charge in [0.2, 0.25) is 0 Å². The van der Waals surface area contributed by atoms with Crippen molar-refractivity contribution in [1.29, 1.82) is 5.26 Å². The van der Waals surface area contributed by atoms with Gasteiger partial charge >= 0.3 is 5.69 Å². The summed E-state index contributed by atoms with van der Waals surface area (Å²) in [5, 5.41) is 12.5. The highest BCUT2D eigenvalue weighted by atomic mass is 16.1. The summed E-state index contributed by atoms with van der Waals surface area (Å²) in [6.45, 7) is 3.64. The third kappa shape index (κ3) is 3.19. The van der Waals surface area contributed by atoms with E-state index < -0.39 is 5.41 Å². The molecule has 0 unspecified atom stereocenters. The topological polar surface area (TPSA) is 89.4 Å². The molecule has 2 aromatic carbocycles. The monoisotopic (exact) mass is 470 g/mol. The molecule has 0 radical (unpaired) electrons. The predicted molar refractivity (Wildman–Crippen MR) is 141 cm³/mol. The van der Waals surface area contributed by atoms with Gasteiger partial charge in [-0.1, -0.05) is 30.3 Å². The first-order valence-electron chi connectivity index (χ1n) is 11.6. The lowest BCUT2D eigenvalue weighted by molar-refractivity contribution is 0.658. The molecule has 4 aromatic heterocycles. The average molecular weight is 471 g/mol. The minimum absolute atomic E-state index is 0.189. The van der Waals surface area contributed by atoms with Crippen molar-refractivity contribution in [2.24, 2.45) is 7.05 Å². The van der Waals surface area contributed by atoms with E-state index in [4.69, 9.17) is 0 Å². The molecule has 0 fully saturated rings. The summed E-state index contributed by atoms with van der Waals surface area (Å²) in [6, 6.07) is 20.2. The fourth-order valence-electron chi connectivity index (χ4n) is 4.70. The molecule has 7 heteroatoms. The summed E-state index contributed by atoms with van der Waals surface area (Å²) < 4.78 is 3.27. The molecule has 6 rings (SSSR count). The van der Waals surface area contributed by atoms with Gasteiger partial charge in [0.05, 0.1) is 51.8 Å². The van der Waals surface area contributed by atoms with E-state index in [0.717, 1.165) is 43.8 Å². The summed E-state index contributed by atoms with van der Waals surface area (Å²) in [5.74, 6) is 0. The Morgan fingerprint density at radius 3 is 2.53 bits per heavy atom. The number of hydrogen-bond donors (Lipinski definition) is 0. The molecule has 0 N–H and O–H groups in total. The molecule has 0 saturated heterocycles. The maximum Gasteiger partial charge on any atom is 0.333 e. The van der Waals surface area contributed by atoms with E-state index in [1.54, 1.807) is 34.6 Å². The lowest BCUT2D eigenvalue weighted by Gasteiger charge is -2.15. The van der Waals surface area contributed by atoms with Crippen molar-refractivity contribution in [3.05, 3.63) is 95.6 Å². The molecule has 0 bridgehead atoms. The van der Waals surface area contributed by atoms with Gasteiger partial charge in [-0.15, -0.1) is 0 Å². The molecular formula is C29H22N6O. The minimum Gasteiger partial charge on any atom is -0.293 e. The molecule has 0 saturated carbocycles. The second kappa shape index (κ2) is 7.85. The maximum atomic E-state index is 13.4. The van der Waals surface area contributed by atoms with Crippen LogP contribution in [0.4, 0.5) is 0 Å². The summed E-state index contributed by atoms with van der Waals surface area (Å²) >= 11 is 0. The standard InChI is InChI=1S/C29H22N6O/c1-29(2,17-30)26-11-9-20(14-33-26)35-27-22-12-18(23-15-31-13-19-6-4-5-7-21(19)23)8-10-24(22)32-16-25(27)34(3)28(35)36/h4-16H,1-3H3. The van der Waals surface area contributed by atoms with Crippen LogP contribution in [0.25, 0.3) is 49.5 Å². The van der Waals surface area contributed by atoms with Crippen molar-refractivity contribution in [2.75, 3.05) is 0 Å². The zero-order valence-electron chi connectivity index (χ0n) is 20.1. The number of fused-ring (bicyclic) bond motifs is 4. The molecule has 0 amide bonds. The van der Waals surface area contributed by atoms with Crippen LogP contribution >= 0.6 is 0 Å². The zero-order valence-corrected chi connectivity index (χ0v) is 20.1. The van der Waals surface area contributed by atoms with Gasteiger partial charge in [-0.25, -0.2) is 4.79 Å². The second-order valence-electron chi connectivity index (χ2n) is 9.45. The number of imidazole rings is 1. The number of benzene rings is 2. The van der Waals surface area contributed by atoms with E-state index in [1.165, 1.54) is 0 Å². The molecule has 0 spiro atoms. The summed E-state index contributed by atoms with van der Waals surface area (Å²) in [6.07, 6.45) is 7.11. The Kier molecular flexibility index (Phi) is 4.73. The molecule has 6 aromatic rings. The van der Waals surface area contributed by atoms with Crippen LogP contribution in [0.3, 0.4) is 0 Å². The van der Waals surface area contributed by atoms with Gasteiger partial charge in [-0.2, -0.15) is 5.26 Å². The van der Waals surface area contributed by atoms with Crippen LogP contribution < -0.4 is 5.69 Å². The van der Waals surface area contributed by atoms with E-state index in [2.05, 4.69) is 33.2 Å². The molecule has 0 aliphatic rings. The zero-order chi connectivity index (χ0) is 25.0. The van der Waals surface area contributed by atoms with Gasteiger partial charge < -0.3 is 0 Å². The third-order valence-corrected chi connectivity index (χ3v) is 6.79. The molecule has 0 atom stereocenters. The first kappa shape index (κ1) is 21.7. The van der Waals surface area contributed by atoms with Crippen LogP contribution in [0.2, 0.25) is 0 Å². The average Bonchev–Trinajstić information content (AvgIpc) is 3.18. The number of nitriles is 1. The van der Waals surface area contributed by atoms with E-state index in [-0.39, 0.29) is 5.69 Å². The Hall–Kier alpha value is -4.83. The van der Waals surface area contributed by atoms with Crippen LogP contribution in [-0.2, 0) is 12.5 Å². The third-order valence-electron chi connectivity index (χ3n) is 6.79. The minimum atomic E-state index is -0.722. The van der Waals surface area contributed by atoms with Crippen molar-refractivity contribution in [1.82, 2.24) is 24.1 Å². The highest BCUT2D eigenvalue weighted by molar-refractivity contribution is 6.06. The van der Waals surface area contributed by atoms with Crippen LogP contribution in [0.5, 0.6) is 0 Å². The van der Waals surface area contributed by atoms with Gasteiger partial charge in [0.15, 0.2) is 0 Å². The smallest absolute Gasteiger partial charge is 0.293 e. The molecule has 174 valence electrons. The van der Waals surface area contributed by atoms with Crippen LogP contribution in [0, 0.1) is 11.3 Å². The first-order valence-corrected chi connectivity index (χ1v) is 11.6. The Labute approximate surface area is 206 Å². The van der Waals surface area contributed by atoms with E-state index in [9.17, 15) is 10.1 Å². The van der Waals surface area contributed by atoms with Gasteiger partial charge in [-0.3, -0.25) is 24.1 Å².